The Labute approximate surface area is 147 Å². The van der Waals surface area contributed by atoms with Crippen molar-refractivity contribution < 1.29 is 27.4 Å². The monoisotopic (exact) mass is 367 g/mol. The molecule has 2 unspecified atom stereocenters. The van der Waals surface area contributed by atoms with Crippen LogP contribution in [0.25, 0.3) is 0 Å². The molecular formula is C17H16F3N3O3. The highest BCUT2D eigenvalue weighted by Crippen LogP contribution is 2.42. The highest BCUT2D eigenvalue weighted by Gasteiger charge is 2.51. The van der Waals surface area contributed by atoms with Crippen molar-refractivity contribution in [3.8, 4) is 6.07 Å². The van der Waals surface area contributed by atoms with Crippen LogP contribution in [0.15, 0.2) is 18.2 Å². The summed E-state index contributed by atoms with van der Waals surface area (Å²) in [6.45, 7) is 0.999. The van der Waals surface area contributed by atoms with Gasteiger partial charge in [-0.3, -0.25) is 4.90 Å². The fourth-order valence-corrected chi connectivity index (χ4v) is 4.06. The molecule has 9 heteroatoms. The first-order valence-electron chi connectivity index (χ1n) is 8.32. The Hall–Kier alpha value is -2.31. The molecule has 1 aliphatic carbocycles. The number of benzene rings is 1. The highest BCUT2D eigenvalue weighted by atomic mass is 19.4. The number of fused-ring (bicyclic) bond motifs is 1. The van der Waals surface area contributed by atoms with Gasteiger partial charge < -0.3 is 14.8 Å². The highest BCUT2D eigenvalue weighted by molar-refractivity contribution is 5.95. The van der Waals surface area contributed by atoms with Crippen LogP contribution in [-0.2, 0) is 15.7 Å². The number of carbonyl (C=O) groups excluding carboxylic acids is 1. The van der Waals surface area contributed by atoms with Crippen molar-refractivity contribution in [2.45, 2.75) is 43.3 Å². The number of nitriles is 1. The number of ether oxygens (including phenoxy) is 2. The second kappa shape index (κ2) is 5.86. The van der Waals surface area contributed by atoms with Gasteiger partial charge in [0.25, 0.3) is 0 Å². The number of anilines is 1. The van der Waals surface area contributed by atoms with Gasteiger partial charge in [-0.25, -0.2) is 4.79 Å². The Morgan fingerprint density at radius 3 is 2.69 bits per heavy atom. The molecule has 3 aliphatic rings. The zero-order chi connectivity index (χ0) is 18.5. The smallest absolute Gasteiger partial charge is 0.347 e. The number of nitrogens with zero attached hydrogens (tertiary/aromatic N) is 2. The van der Waals surface area contributed by atoms with Crippen molar-refractivity contribution in [1.82, 2.24) is 5.32 Å². The van der Waals surface area contributed by atoms with Crippen LogP contribution in [0.3, 0.4) is 0 Å². The average molecular weight is 367 g/mol. The first-order valence-corrected chi connectivity index (χ1v) is 8.32. The molecule has 1 aromatic carbocycles. The number of alkyl halides is 3. The van der Waals surface area contributed by atoms with Crippen LogP contribution in [0.5, 0.6) is 0 Å². The van der Waals surface area contributed by atoms with E-state index in [0.29, 0.717) is 32.5 Å². The number of hydrogen-bond acceptors (Lipinski definition) is 4. The molecule has 3 fully saturated rings. The summed E-state index contributed by atoms with van der Waals surface area (Å²) >= 11 is 0. The third-order valence-corrected chi connectivity index (χ3v) is 5.20. The molecule has 0 radical (unpaired) electrons. The molecular weight excluding hydrogens is 351 g/mol. The van der Waals surface area contributed by atoms with Crippen LogP contribution in [-0.4, -0.2) is 37.1 Å². The van der Waals surface area contributed by atoms with E-state index in [-0.39, 0.29) is 17.8 Å². The molecule has 2 atom stereocenters. The van der Waals surface area contributed by atoms with Gasteiger partial charge in [0.15, 0.2) is 5.79 Å². The molecule has 1 saturated carbocycles. The van der Waals surface area contributed by atoms with Gasteiger partial charge in [-0.1, -0.05) is 0 Å². The van der Waals surface area contributed by atoms with Gasteiger partial charge in [-0.2, -0.15) is 18.4 Å². The summed E-state index contributed by atoms with van der Waals surface area (Å²) in [5, 5.41) is 11.7. The van der Waals surface area contributed by atoms with E-state index < -0.39 is 29.1 Å². The molecule has 26 heavy (non-hydrogen) atoms. The minimum Gasteiger partial charge on any atom is -0.347 e. The number of carbonyl (C=O) groups is 1. The van der Waals surface area contributed by atoms with E-state index in [1.807, 2.05) is 0 Å². The summed E-state index contributed by atoms with van der Waals surface area (Å²) in [6.07, 6.45) is -3.09. The largest absolute Gasteiger partial charge is 0.417 e. The molecule has 6 nitrogen and oxygen atoms in total. The maximum absolute atomic E-state index is 13.2. The number of hydrogen-bond donors (Lipinski definition) is 1. The Morgan fingerprint density at radius 1 is 1.31 bits per heavy atom. The molecule has 1 aromatic rings. The molecule has 138 valence electrons. The molecule has 0 aromatic heterocycles. The van der Waals surface area contributed by atoms with Crippen LogP contribution >= 0.6 is 0 Å². The summed E-state index contributed by atoms with van der Waals surface area (Å²) < 4.78 is 51.1. The predicted octanol–water partition coefficient (Wildman–Crippen LogP) is 2.77. The van der Waals surface area contributed by atoms with Crippen molar-refractivity contribution >= 4 is 11.7 Å². The van der Waals surface area contributed by atoms with Gasteiger partial charge >= 0.3 is 12.2 Å². The van der Waals surface area contributed by atoms with Crippen LogP contribution in [0, 0.1) is 11.3 Å². The summed E-state index contributed by atoms with van der Waals surface area (Å²) in [4.78, 5) is 13.8. The van der Waals surface area contributed by atoms with E-state index in [2.05, 4.69) is 5.32 Å². The van der Waals surface area contributed by atoms with E-state index in [1.165, 1.54) is 11.0 Å². The van der Waals surface area contributed by atoms with E-state index >= 15 is 0 Å². The molecule has 0 bridgehead atoms. The lowest BCUT2D eigenvalue weighted by Crippen LogP contribution is -2.49. The van der Waals surface area contributed by atoms with E-state index in [0.717, 1.165) is 12.1 Å². The van der Waals surface area contributed by atoms with Crippen molar-refractivity contribution in [1.29, 1.82) is 5.26 Å². The van der Waals surface area contributed by atoms with Crippen molar-refractivity contribution in [3.63, 3.8) is 0 Å². The number of amides is 2. The molecule has 2 amide bonds. The van der Waals surface area contributed by atoms with Gasteiger partial charge in [0.1, 0.15) is 0 Å². The minimum atomic E-state index is -4.67. The summed E-state index contributed by atoms with van der Waals surface area (Å²) in [6, 6.07) is 3.90. The topological polar surface area (TPSA) is 74.6 Å². The maximum Gasteiger partial charge on any atom is 0.417 e. The quantitative estimate of drug-likeness (QED) is 0.828. The lowest BCUT2D eigenvalue weighted by molar-refractivity contribution is -0.181. The molecule has 1 spiro atoms. The lowest BCUT2D eigenvalue weighted by atomic mass is 9.86. The second-order valence-electron chi connectivity index (χ2n) is 6.68. The molecule has 2 heterocycles. The van der Waals surface area contributed by atoms with E-state index in [1.54, 1.807) is 6.07 Å². The Morgan fingerprint density at radius 2 is 2.04 bits per heavy atom. The second-order valence-corrected chi connectivity index (χ2v) is 6.68. The zero-order valence-corrected chi connectivity index (χ0v) is 13.7. The Kier molecular flexibility index (Phi) is 3.86. The predicted molar refractivity (Wildman–Crippen MR) is 83.2 cm³/mol. The zero-order valence-electron chi connectivity index (χ0n) is 13.7. The third kappa shape index (κ3) is 2.70. The van der Waals surface area contributed by atoms with Gasteiger partial charge in [-0.05, 0) is 24.6 Å². The number of rotatable bonds is 1. The van der Waals surface area contributed by atoms with Crippen molar-refractivity contribution in [2.75, 3.05) is 18.1 Å². The van der Waals surface area contributed by atoms with Gasteiger partial charge in [0.05, 0.1) is 42.5 Å². The van der Waals surface area contributed by atoms with Gasteiger partial charge in [-0.15, -0.1) is 0 Å². The summed E-state index contributed by atoms with van der Waals surface area (Å²) in [5.41, 5.74) is -1.37. The molecule has 2 aliphatic heterocycles. The normalized spacial score (nSPS) is 27.3. The Bertz CT molecular complexity index is 784. The first-order chi connectivity index (χ1) is 12.3. The fraction of sp³-hybridized carbons (Fsp3) is 0.529. The number of urea groups is 1. The summed E-state index contributed by atoms with van der Waals surface area (Å²) in [5.74, 6) is -0.702. The van der Waals surface area contributed by atoms with Crippen LogP contribution < -0.4 is 10.2 Å². The lowest BCUT2D eigenvalue weighted by Gasteiger charge is -2.39. The standard InChI is InChI=1S/C17H16F3N3O3/c18-17(19,20)12-7-11(2-1-10(12)9-21)23-14-3-4-16(25-5-6-26-16)8-13(14)22-15(23)24/h1-2,7,13-14H,3-6,8H2,(H,22,24). The number of nitrogens with one attached hydrogen (secondary N) is 1. The Balaban J connectivity index is 1.64. The fourth-order valence-electron chi connectivity index (χ4n) is 4.06. The first kappa shape index (κ1) is 17.1. The van der Waals surface area contributed by atoms with Crippen molar-refractivity contribution in [2.24, 2.45) is 0 Å². The SMILES string of the molecule is N#Cc1ccc(N2C(=O)NC3CC4(CCC32)OCCO4)cc1C(F)(F)F. The van der Waals surface area contributed by atoms with Crippen LogP contribution in [0.1, 0.15) is 30.4 Å². The third-order valence-electron chi connectivity index (χ3n) is 5.20. The molecule has 2 saturated heterocycles. The molecule has 4 rings (SSSR count). The van der Waals surface area contributed by atoms with Gasteiger partial charge in [0, 0.05) is 18.5 Å². The van der Waals surface area contributed by atoms with Gasteiger partial charge in [0.2, 0.25) is 0 Å². The molecule has 1 N–H and O–H groups in total. The number of halogens is 3. The maximum atomic E-state index is 13.2. The average Bonchev–Trinajstić information content (AvgIpc) is 3.17. The minimum absolute atomic E-state index is 0.130. The van der Waals surface area contributed by atoms with Crippen LogP contribution in [0.2, 0.25) is 0 Å². The van der Waals surface area contributed by atoms with E-state index in [4.69, 9.17) is 14.7 Å². The summed E-state index contributed by atoms with van der Waals surface area (Å²) in [7, 11) is 0. The van der Waals surface area contributed by atoms with Crippen LogP contribution in [0.4, 0.5) is 23.7 Å². The van der Waals surface area contributed by atoms with E-state index in [9.17, 15) is 18.0 Å². The van der Waals surface area contributed by atoms with Crippen molar-refractivity contribution in [3.05, 3.63) is 29.3 Å².